The second-order valence-electron chi connectivity index (χ2n) is 4.94. The van der Waals surface area contributed by atoms with E-state index in [1.54, 1.807) is 13.1 Å². The average Bonchev–Trinajstić information content (AvgIpc) is 3.09. The van der Waals surface area contributed by atoms with Crippen molar-refractivity contribution in [3.63, 3.8) is 0 Å². The van der Waals surface area contributed by atoms with Gasteiger partial charge in [0.2, 0.25) is 0 Å². The SMILES string of the molecule is CCCNCc1ccc(S(=O)(=O)N(C)C2CCOC2)s1. The molecule has 7 heteroatoms. The second kappa shape index (κ2) is 7.00. The van der Waals surface area contributed by atoms with Crippen molar-refractivity contribution in [2.75, 3.05) is 26.8 Å². The van der Waals surface area contributed by atoms with E-state index in [2.05, 4.69) is 12.2 Å². The van der Waals surface area contributed by atoms with Crippen LogP contribution in [0.3, 0.4) is 0 Å². The van der Waals surface area contributed by atoms with Gasteiger partial charge < -0.3 is 10.1 Å². The molecule has 1 aliphatic rings. The number of hydrogen-bond donors (Lipinski definition) is 1. The van der Waals surface area contributed by atoms with Crippen LogP contribution in [0.4, 0.5) is 0 Å². The number of nitrogens with zero attached hydrogens (tertiary/aromatic N) is 1. The maximum absolute atomic E-state index is 12.5. The molecule has 1 fully saturated rings. The first-order valence-electron chi connectivity index (χ1n) is 6.91. The van der Waals surface area contributed by atoms with Crippen molar-refractivity contribution in [1.29, 1.82) is 0 Å². The highest BCUT2D eigenvalue weighted by Crippen LogP contribution is 2.27. The van der Waals surface area contributed by atoms with E-state index in [1.807, 2.05) is 6.07 Å². The quantitative estimate of drug-likeness (QED) is 0.777. The molecule has 1 aromatic rings. The van der Waals surface area contributed by atoms with Crippen LogP contribution in [0.5, 0.6) is 0 Å². The minimum absolute atomic E-state index is 0.0382. The van der Waals surface area contributed by atoms with E-state index in [0.717, 1.165) is 30.8 Å². The Balaban J connectivity index is 2.05. The van der Waals surface area contributed by atoms with Crippen LogP contribution in [-0.2, 0) is 21.3 Å². The molecule has 1 unspecified atom stereocenters. The van der Waals surface area contributed by atoms with Crippen molar-refractivity contribution in [1.82, 2.24) is 9.62 Å². The molecule has 1 aliphatic heterocycles. The zero-order valence-corrected chi connectivity index (χ0v) is 13.6. The Morgan fingerprint density at radius 2 is 2.30 bits per heavy atom. The van der Waals surface area contributed by atoms with Gasteiger partial charge >= 0.3 is 0 Å². The Labute approximate surface area is 125 Å². The standard InChI is InChI=1S/C13H22N2O3S2/c1-3-7-14-9-12-4-5-13(19-12)20(16,17)15(2)11-6-8-18-10-11/h4-5,11,14H,3,6-10H2,1-2H3. The van der Waals surface area contributed by atoms with E-state index in [4.69, 9.17) is 4.74 Å². The van der Waals surface area contributed by atoms with Crippen LogP contribution in [-0.4, -0.2) is 45.6 Å². The molecule has 0 spiro atoms. The third-order valence-electron chi connectivity index (χ3n) is 3.42. The van der Waals surface area contributed by atoms with E-state index in [0.29, 0.717) is 17.4 Å². The summed E-state index contributed by atoms with van der Waals surface area (Å²) >= 11 is 1.34. The third-order valence-corrected chi connectivity index (χ3v) is 6.88. The summed E-state index contributed by atoms with van der Waals surface area (Å²) in [5, 5.41) is 3.28. The van der Waals surface area contributed by atoms with Crippen molar-refractivity contribution in [2.45, 2.75) is 36.6 Å². The van der Waals surface area contributed by atoms with E-state index in [1.165, 1.54) is 15.6 Å². The van der Waals surface area contributed by atoms with E-state index in [9.17, 15) is 8.42 Å². The summed E-state index contributed by atoms with van der Waals surface area (Å²) in [6.07, 6.45) is 1.84. The summed E-state index contributed by atoms with van der Waals surface area (Å²) in [7, 11) is -1.75. The second-order valence-corrected chi connectivity index (χ2v) is 8.33. The lowest BCUT2D eigenvalue weighted by Crippen LogP contribution is -2.36. The molecule has 0 aromatic carbocycles. The largest absolute Gasteiger partial charge is 0.380 e. The molecule has 2 rings (SSSR count). The molecule has 5 nitrogen and oxygen atoms in total. The normalized spacial score (nSPS) is 19.9. The Bertz CT molecular complexity index is 521. The van der Waals surface area contributed by atoms with Gasteiger partial charge in [-0.05, 0) is 31.5 Å². The van der Waals surface area contributed by atoms with Gasteiger partial charge in [0.1, 0.15) is 4.21 Å². The minimum atomic E-state index is -3.39. The molecule has 0 radical (unpaired) electrons. The zero-order valence-electron chi connectivity index (χ0n) is 12.0. The summed E-state index contributed by atoms with van der Waals surface area (Å²) in [5.41, 5.74) is 0. The number of nitrogens with one attached hydrogen (secondary N) is 1. The summed E-state index contributed by atoms with van der Waals surface area (Å²) < 4.78 is 32.2. The van der Waals surface area contributed by atoms with Gasteiger partial charge in [0.25, 0.3) is 10.0 Å². The van der Waals surface area contributed by atoms with Crippen molar-refractivity contribution in [3.8, 4) is 0 Å². The molecular weight excluding hydrogens is 296 g/mol. The molecule has 2 heterocycles. The van der Waals surface area contributed by atoms with Gasteiger partial charge in [0.05, 0.1) is 12.6 Å². The molecule has 1 atom stereocenters. The summed E-state index contributed by atoms with van der Waals surface area (Å²) in [5.74, 6) is 0. The highest BCUT2D eigenvalue weighted by molar-refractivity contribution is 7.91. The number of rotatable bonds is 7. The van der Waals surface area contributed by atoms with Crippen LogP contribution in [0.15, 0.2) is 16.3 Å². The highest BCUT2D eigenvalue weighted by atomic mass is 32.2. The first-order chi connectivity index (χ1) is 9.55. The molecule has 0 bridgehead atoms. The van der Waals surface area contributed by atoms with Crippen LogP contribution >= 0.6 is 11.3 Å². The van der Waals surface area contributed by atoms with Crippen molar-refractivity contribution in [2.24, 2.45) is 0 Å². The predicted octanol–water partition coefficient (Wildman–Crippen LogP) is 1.66. The topological polar surface area (TPSA) is 58.6 Å². The van der Waals surface area contributed by atoms with Crippen LogP contribution < -0.4 is 5.32 Å². The first kappa shape index (κ1) is 15.9. The van der Waals surface area contributed by atoms with Gasteiger partial charge in [0, 0.05) is 25.1 Å². The minimum Gasteiger partial charge on any atom is -0.380 e. The monoisotopic (exact) mass is 318 g/mol. The van der Waals surface area contributed by atoms with Gasteiger partial charge in [0.15, 0.2) is 0 Å². The van der Waals surface area contributed by atoms with E-state index in [-0.39, 0.29) is 6.04 Å². The highest BCUT2D eigenvalue weighted by Gasteiger charge is 2.31. The molecule has 1 saturated heterocycles. The molecule has 1 aromatic heterocycles. The van der Waals surface area contributed by atoms with Crippen molar-refractivity contribution in [3.05, 3.63) is 17.0 Å². The van der Waals surface area contributed by atoms with Gasteiger partial charge in [-0.3, -0.25) is 0 Å². The molecular formula is C13H22N2O3S2. The van der Waals surface area contributed by atoms with Crippen LogP contribution in [0, 0.1) is 0 Å². The molecule has 20 heavy (non-hydrogen) atoms. The fourth-order valence-corrected chi connectivity index (χ4v) is 5.01. The van der Waals surface area contributed by atoms with E-state index >= 15 is 0 Å². The summed E-state index contributed by atoms with van der Waals surface area (Å²) in [4.78, 5) is 1.05. The lowest BCUT2D eigenvalue weighted by Gasteiger charge is -2.21. The van der Waals surface area contributed by atoms with Crippen molar-refractivity contribution < 1.29 is 13.2 Å². The lowest BCUT2D eigenvalue weighted by molar-refractivity contribution is 0.181. The Morgan fingerprint density at radius 3 is 2.95 bits per heavy atom. The van der Waals surface area contributed by atoms with E-state index < -0.39 is 10.0 Å². The molecule has 1 N–H and O–H groups in total. The molecule has 0 aliphatic carbocycles. The van der Waals surface area contributed by atoms with Gasteiger partial charge in [-0.2, -0.15) is 4.31 Å². The molecule has 0 amide bonds. The van der Waals surface area contributed by atoms with Crippen LogP contribution in [0.2, 0.25) is 0 Å². The maximum Gasteiger partial charge on any atom is 0.252 e. The lowest BCUT2D eigenvalue weighted by atomic mass is 10.3. The Morgan fingerprint density at radius 1 is 1.50 bits per heavy atom. The molecule has 114 valence electrons. The Hall–Kier alpha value is -0.470. The number of sulfonamides is 1. The predicted molar refractivity (Wildman–Crippen MR) is 80.5 cm³/mol. The van der Waals surface area contributed by atoms with Crippen molar-refractivity contribution >= 4 is 21.4 Å². The maximum atomic E-state index is 12.5. The fourth-order valence-electron chi connectivity index (χ4n) is 2.13. The van der Waals surface area contributed by atoms with Crippen LogP contribution in [0.25, 0.3) is 0 Å². The average molecular weight is 318 g/mol. The third kappa shape index (κ3) is 3.59. The van der Waals surface area contributed by atoms with Gasteiger partial charge in [-0.1, -0.05) is 6.92 Å². The number of hydrogen-bond acceptors (Lipinski definition) is 5. The smallest absolute Gasteiger partial charge is 0.252 e. The van der Waals surface area contributed by atoms with Crippen LogP contribution in [0.1, 0.15) is 24.6 Å². The van der Waals surface area contributed by atoms with Gasteiger partial charge in [-0.15, -0.1) is 11.3 Å². The number of thiophene rings is 1. The fraction of sp³-hybridized carbons (Fsp3) is 0.692. The number of ether oxygens (including phenoxy) is 1. The molecule has 0 saturated carbocycles. The number of likely N-dealkylation sites (N-methyl/N-ethyl adjacent to an activating group) is 1. The summed E-state index contributed by atoms with van der Waals surface area (Å²) in [6, 6.07) is 3.55. The van der Waals surface area contributed by atoms with Gasteiger partial charge in [-0.25, -0.2) is 8.42 Å². The zero-order chi connectivity index (χ0) is 14.6. The first-order valence-corrected chi connectivity index (χ1v) is 9.16. The Kier molecular flexibility index (Phi) is 5.57. The summed E-state index contributed by atoms with van der Waals surface area (Å²) in [6.45, 7) is 4.91.